The van der Waals surface area contributed by atoms with E-state index < -0.39 is 5.97 Å². The summed E-state index contributed by atoms with van der Waals surface area (Å²) in [6.07, 6.45) is 3.14. The topological polar surface area (TPSA) is 64.6 Å². The number of esters is 1. The fourth-order valence-corrected chi connectivity index (χ4v) is 4.09. The Labute approximate surface area is 180 Å². The van der Waals surface area contributed by atoms with Crippen LogP contribution in [0.25, 0.3) is 17.2 Å². The molecule has 0 bridgehead atoms. The second-order valence-electron chi connectivity index (χ2n) is 6.42. The van der Waals surface area contributed by atoms with Gasteiger partial charge in [-0.3, -0.25) is 4.79 Å². The van der Waals surface area contributed by atoms with Crippen molar-refractivity contribution in [3.8, 4) is 16.9 Å². The predicted octanol–water partition coefficient (Wildman–Crippen LogP) is 5.56. The van der Waals surface area contributed by atoms with Crippen molar-refractivity contribution in [1.29, 1.82) is 0 Å². The minimum atomic E-state index is -0.449. The second kappa shape index (κ2) is 9.89. The summed E-state index contributed by atoms with van der Waals surface area (Å²) in [4.78, 5) is 26.2. The molecule has 154 valence electrons. The minimum Gasteiger partial charge on any atom is -0.497 e. The molecule has 0 atom stereocenters. The van der Waals surface area contributed by atoms with E-state index in [0.717, 1.165) is 27.3 Å². The summed E-state index contributed by atoms with van der Waals surface area (Å²) >= 11 is 1.36. The van der Waals surface area contributed by atoms with E-state index in [2.05, 4.69) is 5.32 Å². The summed E-state index contributed by atoms with van der Waals surface area (Å²) in [6, 6.07) is 17.0. The Morgan fingerprint density at radius 2 is 1.77 bits per heavy atom. The van der Waals surface area contributed by atoms with Crippen LogP contribution in [0.4, 0.5) is 5.00 Å². The average molecular weight is 422 g/mol. The number of hydrogen-bond donors (Lipinski definition) is 1. The first-order chi connectivity index (χ1) is 14.5. The number of rotatable bonds is 7. The average Bonchev–Trinajstić information content (AvgIpc) is 3.09. The van der Waals surface area contributed by atoms with Gasteiger partial charge in [0.05, 0.1) is 13.7 Å². The minimum absolute atomic E-state index is 0.257. The molecule has 0 spiro atoms. The standard InChI is InChI=1S/C24H23NO4S/c1-4-29-24(27)22-21(18-8-6-5-7-9-18)16(2)30-23(22)25-20(26)15-12-17-10-13-19(28-3)14-11-17/h5-15H,4H2,1-3H3,(H,25,26). The molecule has 1 N–H and O–H groups in total. The fourth-order valence-electron chi connectivity index (χ4n) is 3.02. The number of nitrogens with one attached hydrogen (secondary N) is 1. The first-order valence-electron chi connectivity index (χ1n) is 9.52. The van der Waals surface area contributed by atoms with Gasteiger partial charge in [-0.1, -0.05) is 42.5 Å². The van der Waals surface area contributed by atoms with E-state index in [1.807, 2.05) is 61.5 Å². The SMILES string of the molecule is CCOC(=O)c1c(NC(=O)C=Cc2ccc(OC)cc2)sc(C)c1-c1ccccc1. The van der Waals surface area contributed by atoms with Crippen LogP contribution in [0.3, 0.4) is 0 Å². The van der Waals surface area contributed by atoms with Crippen molar-refractivity contribution in [1.82, 2.24) is 0 Å². The molecule has 2 aromatic carbocycles. The summed E-state index contributed by atoms with van der Waals surface area (Å²) in [6.45, 7) is 3.94. The predicted molar refractivity (Wildman–Crippen MR) is 121 cm³/mol. The third-order valence-electron chi connectivity index (χ3n) is 4.41. The van der Waals surface area contributed by atoms with Crippen molar-refractivity contribution in [2.24, 2.45) is 0 Å². The molecule has 0 saturated heterocycles. The fraction of sp³-hybridized carbons (Fsp3) is 0.167. The van der Waals surface area contributed by atoms with Crippen LogP contribution in [0.15, 0.2) is 60.7 Å². The van der Waals surface area contributed by atoms with E-state index in [1.165, 1.54) is 17.4 Å². The highest BCUT2D eigenvalue weighted by atomic mass is 32.1. The van der Waals surface area contributed by atoms with Crippen molar-refractivity contribution in [3.63, 3.8) is 0 Å². The molecule has 0 unspecified atom stereocenters. The number of carbonyl (C=O) groups excluding carboxylic acids is 2. The molecule has 0 aliphatic heterocycles. The first kappa shape index (κ1) is 21.3. The Hall–Kier alpha value is -3.38. The van der Waals surface area contributed by atoms with Gasteiger partial charge in [0.25, 0.3) is 0 Å². The van der Waals surface area contributed by atoms with Crippen LogP contribution in [0.5, 0.6) is 5.75 Å². The zero-order valence-corrected chi connectivity index (χ0v) is 17.9. The van der Waals surface area contributed by atoms with Crippen LogP contribution in [0, 0.1) is 6.92 Å². The molecule has 0 aliphatic rings. The monoisotopic (exact) mass is 421 g/mol. The highest BCUT2D eigenvalue weighted by Gasteiger charge is 2.25. The Morgan fingerprint density at radius 3 is 2.40 bits per heavy atom. The highest BCUT2D eigenvalue weighted by Crippen LogP contribution is 2.40. The van der Waals surface area contributed by atoms with Crippen LogP contribution in [-0.4, -0.2) is 25.6 Å². The summed E-state index contributed by atoms with van der Waals surface area (Å²) in [5.74, 6) is -0.0226. The number of thiophene rings is 1. The molecule has 0 saturated carbocycles. The van der Waals surface area contributed by atoms with E-state index in [-0.39, 0.29) is 12.5 Å². The van der Waals surface area contributed by atoms with Crippen LogP contribution in [-0.2, 0) is 9.53 Å². The normalized spacial score (nSPS) is 10.8. The Kier molecular flexibility index (Phi) is 7.03. The molecular weight excluding hydrogens is 398 g/mol. The maximum Gasteiger partial charge on any atom is 0.341 e. The molecule has 3 aromatic rings. The van der Waals surface area contributed by atoms with Crippen LogP contribution >= 0.6 is 11.3 Å². The second-order valence-corrected chi connectivity index (χ2v) is 7.64. The van der Waals surface area contributed by atoms with E-state index in [1.54, 1.807) is 20.1 Å². The quantitative estimate of drug-likeness (QED) is 0.401. The number of hydrogen-bond acceptors (Lipinski definition) is 5. The Bertz CT molecular complexity index is 1050. The van der Waals surface area contributed by atoms with Crippen molar-refractivity contribution in [3.05, 3.63) is 76.7 Å². The van der Waals surface area contributed by atoms with Gasteiger partial charge in [-0.25, -0.2) is 4.79 Å². The van der Waals surface area contributed by atoms with E-state index in [4.69, 9.17) is 9.47 Å². The number of benzene rings is 2. The summed E-state index contributed by atoms with van der Waals surface area (Å²) in [5.41, 5.74) is 2.94. The lowest BCUT2D eigenvalue weighted by atomic mass is 10.0. The number of methoxy groups -OCH3 is 1. The molecule has 3 rings (SSSR count). The van der Waals surface area contributed by atoms with E-state index in [9.17, 15) is 9.59 Å². The lowest BCUT2D eigenvalue weighted by Gasteiger charge is -2.08. The van der Waals surface area contributed by atoms with Crippen molar-refractivity contribution < 1.29 is 19.1 Å². The van der Waals surface area contributed by atoms with Gasteiger partial charge < -0.3 is 14.8 Å². The van der Waals surface area contributed by atoms with Gasteiger partial charge in [0.1, 0.15) is 16.3 Å². The zero-order valence-electron chi connectivity index (χ0n) is 17.1. The summed E-state index contributed by atoms with van der Waals surface area (Å²) < 4.78 is 10.4. The highest BCUT2D eigenvalue weighted by molar-refractivity contribution is 7.17. The van der Waals surface area contributed by atoms with E-state index >= 15 is 0 Å². The number of anilines is 1. The first-order valence-corrected chi connectivity index (χ1v) is 10.3. The number of ether oxygens (including phenoxy) is 2. The summed E-state index contributed by atoms with van der Waals surface area (Å²) in [5, 5.41) is 3.32. The third kappa shape index (κ3) is 4.96. The van der Waals surface area contributed by atoms with E-state index in [0.29, 0.717) is 10.6 Å². The number of amides is 1. The molecule has 30 heavy (non-hydrogen) atoms. The Balaban J connectivity index is 1.88. The van der Waals surface area contributed by atoms with Crippen molar-refractivity contribution >= 4 is 34.3 Å². The number of aryl methyl sites for hydroxylation is 1. The van der Waals surface area contributed by atoms with Gasteiger partial charge in [0.15, 0.2) is 0 Å². The molecule has 1 amide bonds. The molecule has 1 heterocycles. The molecule has 0 fully saturated rings. The zero-order chi connectivity index (χ0) is 21.5. The maximum absolute atomic E-state index is 12.7. The Morgan fingerprint density at radius 1 is 1.07 bits per heavy atom. The lowest BCUT2D eigenvalue weighted by molar-refractivity contribution is -0.111. The van der Waals surface area contributed by atoms with Gasteiger partial charge in [0.2, 0.25) is 5.91 Å². The molecule has 6 heteroatoms. The summed E-state index contributed by atoms with van der Waals surface area (Å²) in [7, 11) is 1.60. The van der Waals surface area contributed by atoms with Gasteiger partial charge >= 0.3 is 5.97 Å². The van der Waals surface area contributed by atoms with Gasteiger partial charge in [0, 0.05) is 16.5 Å². The lowest BCUT2D eigenvalue weighted by Crippen LogP contribution is -2.12. The molecule has 5 nitrogen and oxygen atoms in total. The molecule has 0 radical (unpaired) electrons. The van der Waals surface area contributed by atoms with Gasteiger partial charge in [-0.05, 0) is 43.2 Å². The third-order valence-corrected chi connectivity index (χ3v) is 5.43. The van der Waals surface area contributed by atoms with Crippen LogP contribution in [0.1, 0.15) is 27.7 Å². The largest absolute Gasteiger partial charge is 0.497 e. The molecule has 0 aliphatic carbocycles. The van der Waals surface area contributed by atoms with Crippen LogP contribution < -0.4 is 10.1 Å². The van der Waals surface area contributed by atoms with Crippen molar-refractivity contribution in [2.45, 2.75) is 13.8 Å². The number of carbonyl (C=O) groups is 2. The van der Waals surface area contributed by atoms with Gasteiger partial charge in [-0.15, -0.1) is 11.3 Å². The molecule has 1 aromatic heterocycles. The van der Waals surface area contributed by atoms with Crippen LogP contribution in [0.2, 0.25) is 0 Å². The maximum atomic E-state index is 12.7. The smallest absolute Gasteiger partial charge is 0.341 e. The van der Waals surface area contributed by atoms with Crippen molar-refractivity contribution in [2.75, 3.05) is 19.0 Å². The van der Waals surface area contributed by atoms with Gasteiger partial charge in [-0.2, -0.15) is 0 Å². The molecular formula is C24H23NO4S.